The second-order valence-electron chi connectivity index (χ2n) is 7.78. The first kappa shape index (κ1) is 17.3. The lowest BCUT2D eigenvalue weighted by Crippen LogP contribution is -2.49. The van der Waals surface area contributed by atoms with Crippen LogP contribution in [-0.4, -0.2) is 30.3 Å². The third-order valence-corrected chi connectivity index (χ3v) is 4.23. The Labute approximate surface area is 124 Å². The molecule has 0 spiro atoms. The fourth-order valence-corrected chi connectivity index (χ4v) is 2.09. The third kappa shape index (κ3) is 5.70. The van der Waals surface area contributed by atoms with E-state index in [2.05, 4.69) is 38.3 Å². The summed E-state index contributed by atoms with van der Waals surface area (Å²) >= 11 is 0. The van der Waals surface area contributed by atoms with Crippen LogP contribution in [0.1, 0.15) is 61.3 Å². The number of carbonyl (C=O) groups is 1. The topological polar surface area (TPSA) is 50.4 Å². The first-order valence-electron chi connectivity index (χ1n) is 7.76. The van der Waals surface area contributed by atoms with Crippen molar-refractivity contribution in [1.82, 2.24) is 10.6 Å². The van der Waals surface area contributed by atoms with Crippen molar-refractivity contribution >= 4 is 6.09 Å². The van der Waals surface area contributed by atoms with Crippen molar-refractivity contribution in [1.29, 1.82) is 0 Å². The highest BCUT2D eigenvalue weighted by atomic mass is 16.6. The molecule has 0 bridgehead atoms. The minimum absolute atomic E-state index is 0.0923. The molecule has 1 aliphatic carbocycles. The molecule has 1 aliphatic rings. The predicted octanol–water partition coefficient (Wildman–Crippen LogP) is 3.31. The van der Waals surface area contributed by atoms with Gasteiger partial charge in [-0.05, 0) is 51.9 Å². The standard InChI is InChI=1S/C16H32N2O2/c1-11(2)13(18-14(19)20-15(4,5)6)10-17-12(3)16(7)8-9-16/h11-13,17H,8-10H2,1-7H3,(H,18,19). The van der Waals surface area contributed by atoms with Gasteiger partial charge in [0, 0.05) is 18.6 Å². The maximum Gasteiger partial charge on any atom is 0.407 e. The van der Waals surface area contributed by atoms with E-state index >= 15 is 0 Å². The minimum atomic E-state index is -0.451. The molecule has 1 fully saturated rings. The first-order chi connectivity index (χ1) is 9.03. The molecule has 4 nitrogen and oxygen atoms in total. The molecule has 0 heterocycles. The van der Waals surface area contributed by atoms with Crippen LogP contribution in [-0.2, 0) is 4.74 Å². The first-order valence-corrected chi connectivity index (χ1v) is 7.76. The fourth-order valence-electron chi connectivity index (χ4n) is 2.09. The van der Waals surface area contributed by atoms with Crippen LogP contribution in [0.25, 0.3) is 0 Å². The van der Waals surface area contributed by atoms with Crippen LogP contribution >= 0.6 is 0 Å². The van der Waals surface area contributed by atoms with E-state index < -0.39 is 5.60 Å². The van der Waals surface area contributed by atoms with Gasteiger partial charge in [-0.2, -0.15) is 0 Å². The van der Waals surface area contributed by atoms with E-state index in [1.807, 2.05) is 20.8 Å². The van der Waals surface area contributed by atoms with Crippen molar-refractivity contribution in [3.05, 3.63) is 0 Å². The molecule has 2 N–H and O–H groups in total. The van der Waals surface area contributed by atoms with E-state index in [1.165, 1.54) is 12.8 Å². The lowest BCUT2D eigenvalue weighted by Gasteiger charge is -2.28. The molecule has 0 radical (unpaired) electrons. The summed E-state index contributed by atoms with van der Waals surface area (Å²) in [7, 11) is 0. The van der Waals surface area contributed by atoms with Crippen LogP contribution in [0.3, 0.4) is 0 Å². The Hall–Kier alpha value is -0.770. The van der Waals surface area contributed by atoms with Crippen LogP contribution < -0.4 is 10.6 Å². The van der Waals surface area contributed by atoms with E-state index in [0.717, 1.165) is 6.54 Å². The molecule has 1 rings (SSSR count). The van der Waals surface area contributed by atoms with Gasteiger partial charge in [0.2, 0.25) is 0 Å². The normalized spacial score (nSPS) is 20.4. The van der Waals surface area contributed by atoms with Crippen LogP contribution in [0, 0.1) is 11.3 Å². The molecular formula is C16H32N2O2. The summed E-state index contributed by atoms with van der Waals surface area (Å²) in [6.45, 7) is 15.2. The third-order valence-electron chi connectivity index (χ3n) is 4.23. The highest BCUT2D eigenvalue weighted by Crippen LogP contribution is 2.47. The molecule has 1 saturated carbocycles. The summed E-state index contributed by atoms with van der Waals surface area (Å²) in [6.07, 6.45) is 2.27. The molecule has 118 valence electrons. The average Bonchev–Trinajstić information content (AvgIpc) is 3.00. The Balaban J connectivity index is 2.42. The monoisotopic (exact) mass is 284 g/mol. The van der Waals surface area contributed by atoms with Crippen LogP contribution in [0.15, 0.2) is 0 Å². The number of hydrogen-bond donors (Lipinski definition) is 2. The molecular weight excluding hydrogens is 252 g/mol. The molecule has 2 unspecified atom stereocenters. The zero-order chi connectivity index (χ0) is 15.6. The highest BCUT2D eigenvalue weighted by Gasteiger charge is 2.42. The summed E-state index contributed by atoms with van der Waals surface area (Å²) in [5.41, 5.74) is 0.00126. The maximum absolute atomic E-state index is 11.9. The summed E-state index contributed by atoms with van der Waals surface area (Å²) in [5.74, 6) is 0.370. The SMILES string of the molecule is CC(C)C(CNC(C)C1(C)CC1)NC(=O)OC(C)(C)C. The Kier molecular flexibility index (Phi) is 5.47. The maximum atomic E-state index is 11.9. The average molecular weight is 284 g/mol. The number of alkyl carbamates (subject to hydrolysis) is 1. The van der Waals surface area contributed by atoms with Crippen molar-refractivity contribution in [2.24, 2.45) is 11.3 Å². The van der Waals surface area contributed by atoms with Gasteiger partial charge in [-0.25, -0.2) is 4.79 Å². The van der Waals surface area contributed by atoms with Gasteiger partial charge >= 0.3 is 6.09 Å². The van der Waals surface area contributed by atoms with Gasteiger partial charge in [-0.3, -0.25) is 0 Å². The Morgan fingerprint density at radius 2 is 1.80 bits per heavy atom. The quantitative estimate of drug-likeness (QED) is 0.786. The van der Waals surface area contributed by atoms with E-state index in [0.29, 0.717) is 17.4 Å². The number of ether oxygens (including phenoxy) is 1. The molecule has 0 saturated heterocycles. The number of nitrogens with one attached hydrogen (secondary N) is 2. The van der Waals surface area contributed by atoms with Gasteiger partial charge in [0.25, 0.3) is 0 Å². The predicted molar refractivity (Wildman–Crippen MR) is 82.8 cm³/mol. The lowest BCUT2D eigenvalue weighted by atomic mass is 9.99. The van der Waals surface area contributed by atoms with Crippen LogP contribution in [0.4, 0.5) is 4.79 Å². The molecule has 2 atom stereocenters. The van der Waals surface area contributed by atoms with E-state index in [1.54, 1.807) is 0 Å². The Morgan fingerprint density at radius 3 is 2.20 bits per heavy atom. The van der Waals surface area contributed by atoms with Crippen molar-refractivity contribution in [3.63, 3.8) is 0 Å². The number of hydrogen-bond acceptors (Lipinski definition) is 3. The zero-order valence-electron chi connectivity index (χ0n) is 14.2. The molecule has 0 aliphatic heterocycles. The zero-order valence-corrected chi connectivity index (χ0v) is 14.2. The molecule has 4 heteroatoms. The van der Waals surface area contributed by atoms with Crippen molar-refractivity contribution < 1.29 is 9.53 Å². The number of carbonyl (C=O) groups excluding carboxylic acids is 1. The van der Waals surface area contributed by atoms with Gasteiger partial charge in [-0.15, -0.1) is 0 Å². The summed E-state index contributed by atoms with van der Waals surface area (Å²) in [6, 6.07) is 0.582. The molecule has 0 aromatic rings. The molecule has 20 heavy (non-hydrogen) atoms. The van der Waals surface area contributed by atoms with Crippen LogP contribution in [0.5, 0.6) is 0 Å². The van der Waals surface area contributed by atoms with E-state index in [-0.39, 0.29) is 12.1 Å². The van der Waals surface area contributed by atoms with Gasteiger partial charge in [0.1, 0.15) is 5.60 Å². The minimum Gasteiger partial charge on any atom is -0.444 e. The van der Waals surface area contributed by atoms with E-state index in [9.17, 15) is 4.79 Å². The second kappa shape index (κ2) is 6.33. The van der Waals surface area contributed by atoms with Crippen LogP contribution in [0.2, 0.25) is 0 Å². The second-order valence-corrected chi connectivity index (χ2v) is 7.78. The number of rotatable bonds is 6. The summed E-state index contributed by atoms with van der Waals surface area (Å²) < 4.78 is 5.33. The van der Waals surface area contributed by atoms with Crippen molar-refractivity contribution in [2.75, 3.05) is 6.54 Å². The van der Waals surface area contributed by atoms with Crippen molar-refractivity contribution in [3.8, 4) is 0 Å². The van der Waals surface area contributed by atoms with Gasteiger partial charge in [0.05, 0.1) is 0 Å². The highest BCUT2D eigenvalue weighted by molar-refractivity contribution is 5.68. The molecule has 0 aromatic carbocycles. The van der Waals surface area contributed by atoms with E-state index in [4.69, 9.17) is 4.74 Å². The lowest BCUT2D eigenvalue weighted by molar-refractivity contribution is 0.0488. The largest absolute Gasteiger partial charge is 0.444 e. The van der Waals surface area contributed by atoms with Gasteiger partial charge < -0.3 is 15.4 Å². The summed E-state index contributed by atoms with van der Waals surface area (Å²) in [4.78, 5) is 11.9. The van der Waals surface area contributed by atoms with Crippen molar-refractivity contribution in [2.45, 2.75) is 79.0 Å². The Bertz CT molecular complexity index is 330. The van der Waals surface area contributed by atoms with Gasteiger partial charge in [0.15, 0.2) is 0 Å². The molecule has 0 aromatic heterocycles. The Morgan fingerprint density at radius 1 is 1.25 bits per heavy atom. The van der Waals surface area contributed by atoms with Gasteiger partial charge in [-0.1, -0.05) is 20.8 Å². The summed E-state index contributed by atoms with van der Waals surface area (Å²) in [5, 5.41) is 6.54. The smallest absolute Gasteiger partial charge is 0.407 e. The molecule has 1 amide bonds. The fraction of sp³-hybridized carbons (Fsp3) is 0.938. The number of amides is 1.